The third kappa shape index (κ3) is 2.25. The van der Waals surface area contributed by atoms with Crippen LogP contribution in [0.3, 0.4) is 0 Å². The maximum Gasteiger partial charge on any atom is 0.249 e. The van der Waals surface area contributed by atoms with Gasteiger partial charge in [-0.2, -0.15) is 0 Å². The van der Waals surface area contributed by atoms with Crippen molar-refractivity contribution in [3.63, 3.8) is 0 Å². The minimum absolute atomic E-state index is 0.396. The van der Waals surface area contributed by atoms with Gasteiger partial charge in [0.15, 0.2) is 0 Å². The fraction of sp³-hybridized carbons (Fsp3) is 0.364. The molecule has 1 amide bonds. The molecule has 2 N–H and O–H groups in total. The van der Waals surface area contributed by atoms with Crippen molar-refractivity contribution in [3.05, 3.63) is 29.3 Å². The molecule has 0 aromatic heterocycles. The van der Waals surface area contributed by atoms with Crippen LogP contribution in [0.5, 0.6) is 5.75 Å². The van der Waals surface area contributed by atoms with E-state index in [2.05, 4.69) is 6.92 Å². The van der Waals surface area contributed by atoms with Crippen molar-refractivity contribution in [1.82, 2.24) is 0 Å². The summed E-state index contributed by atoms with van der Waals surface area (Å²) in [5.74, 6) is 0.269. The number of amides is 1. The highest BCUT2D eigenvalue weighted by Crippen LogP contribution is 2.18. The molecule has 0 radical (unpaired) electrons. The summed E-state index contributed by atoms with van der Waals surface area (Å²) < 4.78 is 5.03. The smallest absolute Gasteiger partial charge is 0.249 e. The van der Waals surface area contributed by atoms with Crippen molar-refractivity contribution < 1.29 is 9.53 Å². The number of ether oxygens (including phenoxy) is 1. The first-order chi connectivity index (χ1) is 6.69. The SMILES string of the molecule is CCCc1ccc(OC)cc1C(N)=O. The Morgan fingerprint density at radius 3 is 2.71 bits per heavy atom. The van der Waals surface area contributed by atoms with Crippen LogP contribution in [0.4, 0.5) is 0 Å². The number of carbonyl (C=O) groups excluding carboxylic acids is 1. The van der Waals surface area contributed by atoms with E-state index >= 15 is 0 Å². The molecule has 0 aliphatic carbocycles. The summed E-state index contributed by atoms with van der Waals surface area (Å²) in [5, 5.41) is 0. The summed E-state index contributed by atoms with van der Waals surface area (Å²) in [5.41, 5.74) is 6.82. The molecule has 0 unspecified atom stereocenters. The highest BCUT2D eigenvalue weighted by molar-refractivity contribution is 5.94. The van der Waals surface area contributed by atoms with Gasteiger partial charge in [0.1, 0.15) is 5.75 Å². The van der Waals surface area contributed by atoms with Crippen LogP contribution >= 0.6 is 0 Å². The summed E-state index contributed by atoms with van der Waals surface area (Å²) in [7, 11) is 1.57. The van der Waals surface area contributed by atoms with Gasteiger partial charge < -0.3 is 10.5 Å². The lowest BCUT2D eigenvalue weighted by Gasteiger charge is -2.07. The van der Waals surface area contributed by atoms with Gasteiger partial charge in [0, 0.05) is 5.56 Å². The second kappa shape index (κ2) is 4.65. The first kappa shape index (κ1) is 10.6. The molecule has 1 aromatic carbocycles. The number of hydrogen-bond acceptors (Lipinski definition) is 2. The average Bonchev–Trinajstić information content (AvgIpc) is 2.18. The van der Waals surface area contributed by atoms with E-state index in [1.165, 1.54) is 0 Å². The van der Waals surface area contributed by atoms with Gasteiger partial charge in [-0.3, -0.25) is 4.79 Å². The molecular formula is C11H15NO2. The minimum Gasteiger partial charge on any atom is -0.497 e. The summed E-state index contributed by atoms with van der Waals surface area (Å²) in [6, 6.07) is 5.42. The van der Waals surface area contributed by atoms with Gasteiger partial charge in [0.25, 0.3) is 0 Å². The van der Waals surface area contributed by atoms with E-state index in [0.717, 1.165) is 18.4 Å². The van der Waals surface area contributed by atoms with Gasteiger partial charge >= 0.3 is 0 Å². The van der Waals surface area contributed by atoms with Crippen LogP contribution in [0.25, 0.3) is 0 Å². The first-order valence-electron chi connectivity index (χ1n) is 4.65. The van der Waals surface area contributed by atoms with Crippen LogP contribution in [0.1, 0.15) is 29.3 Å². The van der Waals surface area contributed by atoms with E-state index in [4.69, 9.17) is 10.5 Å². The van der Waals surface area contributed by atoms with Gasteiger partial charge in [-0.25, -0.2) is 0 Å². The number of hydrogen-bond donors (Lipinski definition) is 1. The average molecular weight is 193 g/mol. The van der Waals surface area contributed by atoms with Crippen LogP contribution in [0, 0.1) is 0 Å². The number of primary amides is 1. The molecule has 0 saturated heterocycles. The zero-order chi connectivity index (χ0) is 10.6. The van der Waals surface area contributed by atoms with Crippen molar-refractivity contribution in [2.24, 2.45) is 5.73 Å². The van der Waals surface area contributed by atoms with E-state index in [1.54, 1.807) is 13.2 Å². The van der Waals surface area contributed by atoms with E-state index in [0.29, 0.717) is 11.3 Å². The van der Waals surface area contributed by atoms with Gasteiger partial charge in [-0.05, 0) is 24.1 Å². The Morgan fingerprint density at radius 2 is 2.21 bits per heavy atom. The number of carbonyl (C=O) groups is 1. The van der Waals surface area contributed by atoms with E-state index in [9.17, 15) is 4.79 Å². The van der Waals surface area contributed by atoms with Gasteiger partial charge in [0.05, 0.1) is 7.11 Å². The Labute approximate surface area is 83.9 Å². The predicted octanol–water partition coefficient (Wildman–Crippen LogP) is 1.75. The Balaban J connectivity index is 3.10. The molecule has 0 fully saturated rings. The number of benzene rings is 1. The summed E-state index contributed by atoms with van der Waals surface area (Å²) in [6.45, 7) is 2.06. The molecule has 1 rings (SSSR count). The van der Waals surface area contributed by atoms with Gasteiger partial charge in [-0.15, -0.1) is 0 Å². The fourth-order valence-electron chi connectivity index (χ4n) is 1.40. The van der Waals surface area contributed by atoms with Crippen LogP contribution in [-0.4, -0.2) is 13.0 Å². The van der Waals surface area contributed by atoms with Gasteiger partial charge in [-0.1, -0.05) is 19.4 Å². The Bertz CT molecular complexity index is 334. The topological polar surface area (TPSA) is 52.3 Å². The van der Waals surface area contributed by atoms with E-state index in [-0.39, 0.29) is 0 Å². The fourth-order valence-corrected chi connectivity index (χ4v) is 1.40. The highest BCUT2D eigenvalue weighted by Gasteiger charge is 2.08. The maximum atomic E-state index is 11.1. The van der Waals surface area contributed by atoms with Crippen LogP contribution in [-0.2, 0) is 6.42 Å². The third-order valence-electron chi connectivity index (χ3n) is 2.10. The zero-order valence-electron chi connectivity index (χ0n) is 8.54. The maximum absolute atomic E-state index is 11.1. The highest BCUT2D eigenvalue weighted by atomic mass is 16.5. The van der Waals surface area contributed by atoms with Gasteiger partial charge in [0.2, 0.25) is 5.91 Å². The largest absolute Gasteiger partial charge is 0.497 e. The normalized spacial score (nSPS) is 9.86. The molecule has 1 aromatic rings. The van der Waals surface area contributed by atoms with Crippen molar-refractivity contribution in [3.8, 4) is 5.75 Å². The predicted molar refractivity (Wildman–Crippen MR) is 55.5 cm³/mol. The Morgan fingerprint density at radius 1 is 1.50 bits per heavy atom. The van der Waals surface area contributed by atoms with Crippen molar-refractivity contribution >= 4 is 5.91 Å². The van der Waals surface area contributed by atoms with Crippen LogP contribution in [0.2, 0.25) is 0 Å². The lowest BCUT2D eigenvalue weighted by Crippen LogP contribution is -2.13. The second-order valence-corrected chi connectivity index (χ2v) is 3.14. The van der Waals surface area contributed by atoms with Crippen molar-refractivity contribution in [1.29, 1.82) is 0 Å². The zero-order valence-corrected chi connectivity index (χ0v) is 8.54. The Kier molecular flexibility index (Phi) is 3.51. The molecule has 0 spiro atoms. The molecule has 0 aliphatic rings. The summed E-state index contributed by atoms with van der Waals surface area (Å²) in [4.78, 5) is 11.1. The van der Waals surface area contributed by atoms with Crippen LogP contribution < -0.4 is 10.5 Å². The Hall–Kier alpha value is -1.51. The molecule has 3 heteroatoms. The summed E-state index contributed by atoms with van der Waals surface area (Å²) >= 11 is 0. The van der Waals surface area contributed by atoms with Crippen LogP contribution in [0.15, 0.2) is 18.2 Å². The number of nitrogens with two attached hydrogens (primary N) is 1. The standard InChI is InChI=1S/C11H15NO2/c1-3-4-8-5-6-9(14-2)7-10(8)11(12)13/h5-7H,3-4H2,1-2H3,(H2,12,13). The quantitative estimate of drug-likeness (QED) is 0.792. The molecule has 0 bridgehead atoms. The first-order valence-corrected chi connectivity index (χ1v) is 4.65. The minimum atomic E-state index is -0.396. The lowest BCUT2D eigenvalue weighted by molar-refractivity contribution is 0.0999. The van der Waals surface area contributed by atoms with E-state index < -0.39 is 5.91 Å². The van der Waals surface area contributed by atoms with E-state index in [1.807, 2.05) is 12.1 Å². The monoisotopic (exact) mass is 193 g/mol. The van der Waals surface area contributed by atoms with Crippen molar-refractivity contribution in [2.75, 3.05) is 7.11 Å². The summed E-state index contributed by atoms with van der Waals surface area (Å²) in [6.07, 6.45) is 1.86. The third-order valence-corrected chi connectivity index (χ3v) is 2.10. The molecule has 14 heavy (non-hydrogen) atoms. The second-order valence-electron chi connectivity index (χ2n) is 3.14. The molecule has 76 valence electrons. The van der Waals surface area contributed by atoms with Crippen molar-refractivity contribution in [2.45, 2.75) is 19.8 Å². The molecule has 0 heterocycles. The number of aryl methyl sites for hydroxylation is 1. The molecular weight excluding hydrogens is 178 g/mol. The lowest BCUT2D eigenvalue weighted by atomic mass is 10.0. The molecule has 0 atom stereocenters. The number of rotatable bonds is 4. The number of methoxy groups -OCH3 is 1. The molecule has 3 nitrogen and oxygen atoms in total. The molecule has 0 aliphatic heterocycles. The molecule has 0 saturated carbocycles.